The molecule has 0 atom stereocenters. The van der Waals surface area contributed by atoms with Gasteiger partial charge in [-0.2, -0.15) is 0 Å². The Morgan fingerprint density at radius 2 is 2.10 bits per heavy atom. The molecule has 21 heavy (non-hydrogen) atoms. The van der Waals surface area contributed by atoms with Crippen molar-refractivity contribution < 1.29 is 9.66 Å². The Balaban J connectivity index is 2.41. The molecule has 0 saturated carbocycles. The molecule has 0 unspecified atom stereocenters. The lowest BCUT2D eigenvalue weighted by atomic mass is 10.2. The van der Waals surface area contributed by atoms with Crippen molar-refractivity contribution in [3.05, 3.63) is 61.6 Å². The molecule has 2 aromatic carbocycles. The quantitative estimate of drug-likeness (QED) is 0.366. The van der Waals surface area contributed by atoms with Gasteiger partial charge in [-0.1, -0.05) is 17.7 Å². The second-order valence-corrected chi connectivity index (χ2v) is 5.26. The number of nitrogen functional groups attached to an aromatic ring is 1. The van der Waals surface area contributed by atoms with Crippen LogP contribution < -0.4 is 10.5 Å². The van der Waals surface area contributed by atoms with E-state index in [1.165, 1.54) is 24.3 Å². The number of benzene rings is 2. The van der Waals surface area contributed by atoms with E-state index >= 15 is 0 Å². The molecule has 0 radical (unpaired) electrons. The van der Waals surface area contributed by atoms with Crippen molar-refractivity contribution in [2.24, 2.45) is 5.73 Å². The smallest absolute Gasteiger partial charge is 0.312 e. The zero-order chi connectivity index (χ0) is 15.6. The van der Waals surface area contributed by atoms with Crippen molar-refractivity contribution in [2.75, 3.05) is 0 Å². The zero-order valence-corrected chi connectivity index (χ0v) is 12.8. The molecule has 0 fully saturated rings. The summed E-state index contributed by atoms with van der Waals surface area (Å²) in [6.07, 6.45) is 0. The minimum atomic E-state index is -0.536. The summed E-state index contributed by atoms with van der Waals surface area (Å²) in [6, 6.07) is 9.01. The Morgan fingerprint density at radius 1 is 1.38 bits per heavy atom. The zero-order valence-electron chi connectivity index (χ0n) is 10.5. The van der Waals surface area contributed by atoms with Gasteiger partial charge in [0.1, 0.15) is 11.6 Å². The summed E-state index contributed by atoms with van der Waals surface area (Å²) in [4.78, 5) is 10.5. The maximum absolute atomic E-state index is 11.0. The van der Waals surface area contributed by atoms with E-state index in [-0.39, 0.29) is 22.3 Å². The maximum Gasteiger partial charge on any atom is 0.312 e. The number of amidine groups is 1. The number of nitrogens with two attached hydrogens (primary N) is 1. The highest BCUT2D eigenvalue weighted by Crippen LogP contribution is 2.38. The van der Waals surface area contributed by atoms with Crippen LogP contribution in [0.1, 0.15) is 5.56 Å². The summed E-state index contributed by atoms with van der Waals surface area (Å²) in [7, 11) is 0. The monoisotopic (exact) mass is 369 g/mol. The fourth-order valence-electron chi connectivity index (χ4n) is 1.64. The van der Waals surface area contributed by atoms with E-state index < -0.39 is 4.92 Å². The molecule has 0 heterocycles. The predicted octanol–water partition coefficient (Wildman–Crippen LogP) is 4.09. The van der Waals surface area contributed by atoms with Crippen LogP contribution in [0.5, 0.6) is 11.5 Å². The first-order valence-electron chi connectivity index (χ1n) is 5.65. The molecule has 0 aliphatic carbocycles. The molecule has 6 nitrogen and oxygen atoms in total. The molecule has 0 aliphatic heterocycles. The van der Waals surface area contributed by atoms with E-state index in [1.54, 1.807) is 12.1 Å². The molecule has 0 aromatic heterocycles. The van der Waals surface area contributed by atoms with Gasteiger partial charge < -0.3 is 10.5 Å². The van der Waals surface area contributed by atoms with Crippen LogP contribution in [0.15, 0.2) is 40.9 Å². The van der Waals surface area contributed by atoms with Gasteiger partial charge in [-0.3, -0.25) is 15.5 Å². The molecule has 0 bridgehead atoms. The molecule has 108 valence electrons. The number of nitrogens with zero attached hydrogens (tertiary/aromatic N) is 1. The summed E-state index contributed by atoms with van der Waals surface area (Å²) >= 11 is 9.20. The van der Waals surface area contributed by atoms with E-state index in [2.05, 4.69) is 15.9 Å². The van der Waals surface area contributed by atoms with Crippen LogP contribution in [0.25, 0.3) is 0 Å². The highest BCUT2D eigenvalue weighted by atomic mass is 79.9. The summed E-state index contributed by atoms with van der Waals surface area (Å²) < 4.78 is 5.98. The average Bonchev–Trinajstić information content (AvgIpc) is 2.40. The van der Waals surface area contributed by atoms with Crippen molar-refractivity contribution in [3.63, 3.8) is 0 Å². The van der Waals surface area contributed by atoms with Crippen LogP contribution in [0, 0.1) is 15.5 Å². The third kappa shape index (κ3) is 3.32. The van der Waals surface area contributed by atoms with Gasteiger partial charge in [-0.25, -0.2) is 0 Å². The first-order valence-corrected chi connectivity index (χ1v) is 6.82. The topological polar surface area (TPSA) is 102 Å². The second-order valence-electron chi connectivity index (χ2n) is 4.00. The number of rotatable bonds is 4. The predicted molar refractivity (Wildman–Crippen MR) is 83.3 cm³/mol. The highest BCUT2D eigenvalue weighted by molar-refractivity contribution is 9.10. The molecular weight excluding hydrogens is 362 g/mol. The van der Waals surface area contributed by atoms with E-state index in [0.717, 1.165) is 0 Å². The molecular formula is C13H9BrClN3O3. The first kappa shape index (κ1) is 15.3. The highest BCUT2D eigenvalue weighted by Gasteiger charge is 2.19. The number of nitrogens with one attached hydrogen (secondary N) is 1. The van der Waals surface area contributed by atoms with Crippen molar-refractivity contribution in [3.8, 4) is 11.5 Å². The molecule has 0 saturated heterocycles. The molecule has 3 N–H and O–H groups in total. The van der Waals surface area contributed by atoms with Gasteiger partial charge in [-0.05, 0) is 34.1 Å². The molecule has 0 amide bonds. The Kier molecular flexibility index (Phi) is 4.44. The lowest BCUT2D eigenvalue weighted by Crippen LogP contribution is -2.11. The molecule has 2 aromatic rings. The number of nitro groups is 1. The van der Waals surface area contributed by atoms with Crippen molar-refractivity contribution in [1.29, 1.82) is 5.41 Å². The third-order valence-corrected chi connectivity index (χ3v) is 3.53. The number of hydrogen-bond donors (Lipinski definition) is 2. The normalized spacial score (nSPS) is 10.2. The van der Waals surface area contributed by atoms with E-state index in [9.17, 15) is 10.1 Å². The molecule has 2 rings (SSSR count). The maximum atomic E-state index is 11.0. The third-order valence-electron chi connectivity index (χ3n) is 2.59. The number of hydrogen-bond acceptors (Lipinski definition) is 4. The molecule has 8 heteroatoms. The molecule has 0 spiro atoms. The van der Waals surface area contributed by atoms with Crippen LogP contribution in [0.4, 0.5) is 5.69 Å². The first-order chi connectivity index (χ1) is 9.90. The van der Waals surface area contributed by atoms with Gasteiger partial charge in [0.25, 0.3) is 0 Å². The van der Waals surface area contributed by atoms with Gasteiger partial charge >= 0.3 is 5.69 Å². The van der Waals surface area contributed by atoms with Gasteiger partial charge in [0.2, 0.25) is 5.75 Å². The van der Waals surface area contributed by atoms with Gasteiger partial charge in [-0.15, -0.1) is 0 Å². The molecule has 0 aliphatic rings. The summed E-state index contributed by atoms with van der Waals surface area (Å²) in [5.74, 6) is 0.215. The summed E-state index contributed by atoms with van der Waals surface area (Å²) in [6.45, 7) is 0. The fourth-order valence-corrected chi connectivity index (χ4v) is 2.35. The van der Waals surface area contributed by atoms with Gasteiger partial charge in [0.15, 0.2) is 0 Å². The van der Waals surface area contributed by atoms with Crippen LogP contribution >= 0.6 is 27.5 Å². The van der Waals surface area contributed by atoms with Gasteiger partial charge in [0.05, 0.1) is 14.4 Å². The number of ether oxygens (including phenoxy) is 1. The van der Waals surface area contributed by atoms with Crippen LogP contribution in [-0.4, -0.2) is 10.8 Å². The van der Waals surface area contributed by atoms with Crippen LogP contribution in [0.2, 0.25) is 5.02 Å². The van der Waals surface area contributed by atoms with Crippen molar-refractivity contribution >= 4 is 39.1 Å². The fraction of sp³-hybridized carbons (Fsp3) is 0. The van der Waals surface area contributed by atoms with Gasteiger partial charge in [0, 0.05) is 17.7 Å². The SMILES string of the molecule is N=C(N)c1ccc(Oc2c(Br)cccc2[N+](=O)[O-])cc1Cl. The van der Waals surface area contributed by atoms with E-state index in [1.807, 2.05) is 0 Å². The summed E-state index contributed by atoms with van der Waals surface area (Å²) in [5, 5.41) is 18.6. The Morgan fingerprint density at radius 3 is 2.67 bits per heavy atom. The Labute approximate surface area is 133 Å². The number of para-hydroxylation sites is 1. The Bertz CT molecular complexity index is 737. The minimum absolute atomic E-state index is 0.0779. The number of halogens is 2. The van der Waals surface area contributed by atoms with Crippen molar-refractivity contribution in [2.45, 2.75) is 0 Å². The number of nitro benzene ring substituents is 1. The minimum Gasteiger partial charge on any atom is -0.449 e. The van der Waals surface area contributed by atoms with E-state index in [4.69, 9.17) is 27.5 Å². The largest absolute Gasteiger partial charge is 0.449 e. The average molecular weight is 371 g/mol. The summed E-state index contributed by atoms with van der Waals surface area (Å²) in [5.41, 5.74) is 5.56. The van der Waals surface area contributed by atoms with Crippen LogP contribution in [0.3, 0.4) is 0 Å². The van der Waals surface area contributed by atoms with E-state index in [0.29, 0.717) is 15.8 Å². The standard InChI is InChI=1S/C13H9BrClN3O3/c14-9-2-1-3-11(18(19)20)12(9)21-7-4-5-8(13(16)17)10(15)6-7/h1-6H,(H3,16,17). The van der Waals surface area contributed by atoms with Crippen molar-refractivity contribution in [1.82, 2.24) is 0 Å². The van der Waals surface area contributed by atoms with Crippen LogP contribution in [-0.2, 0) is 0 Å². The lowest BCUT2D eigenvalue weighted by molar-refractivity contribution is -0.385. The second kappa shape index (κ2) is 6.11. The lowest BCUT2D eigenvalue weighted by Gasteiger charge is -2.10. The Hall–Kier alpha value is -2.12.